The van der Waals surface area contributed by atoms with Crippen LogP contribution in [-0.2, 0) is 37.3 Å². The van der Waals surface area contributed by atoms with Crippen molar-refractivity contribution in [3.05, 3.63) is 175 Å². The molecule has 0 N–H and O–H groups in total. The minimum absolute atomic E-state index is 0. The van der Waals surface area contributed by atoms with E-state index < -0.39 is 16.1 Å². The molecule has 0 bridgehead atoms. The molecule has 0 atom stereocenters. The minimum Gasteiger partial charge on any atom is -0.509 e. The summed E-state index contributed by atoms with van der Waals surface area (Å²) < 4.78 is 9.40. The van der Waals surface area contributed by atoms with Crippen LogP contribution in [-0.4, -0.2) is 25.7 Å². The Morgan fingerprint density at radius 1 is 0.581 bits per heavy atom. The van der Waals surface area contributed by atoms with E-state index in [0.717, 1.165) is 52.0 Å². The number of pyridine rings is 1. The molecule has 74 heavy (non-hydrogen) atoms. The zero-order valence-electron chi connectivity index (χ0n) is 46.9. The molecule has 2 aliphatic rings. The smallest absolute Gasteiger partial charge is 0.135 e. The Morgan fingerprint density at radius 3 is 1.80 bits per heavy atom. The van der Waals surface area contributed by atoms with Gasteiger partial charge in [0.25, 0.3) is 0 Å². The largest absolute Gasteiger partial charge is 0.509 e. The molecule has 388 valence electrons. The number of para-hydroxylation sites is 3. The Kier molecular flexibility index (Phi) is 13.6. The third kappa shape index (κ3) is 9.15. The molecule has 1 fully saturated rings. The Morgan fingerprint density at radius 2 is 1.19 bits per heavy atom. The van der Waals surface area contributed by atoms with Gasteiger partial charge in [0.05, 0.1) is 16.1 Å². The van der Waals surface area contributed by atoms with Crippen molar-refractivity contribution in [1.29, 1.82) is 0 Å². The molecule has 1 aliphatic carbocycles. The van der Waals surface area contributed by atoms with Crippen LogP contribution in [0.25, 0.3) is 27.6 Å². The van der Waals surface area contributed by atoms with Gasteiger partial charge in [-0.1, -0.05) is 193 Å². The summed E-state index contributed by atoms with van der Waals surface area (Å²) in [7, 11) is -3.54. The van der Waals surface area contributed by atoms with Crippen LogP contribution in [0.15, 0.2) is 134 Å². The summed E-state index contributed by atoms with van der Waals surface area (Å²) in [5.41, 5.74) is 11.2. The van der Waals surface area contributed by atoms with Crippen molar-refractivity contribution in [2.75, 3.05) is 9.80 Å². The average Bonchev–Trinajstić information content (AvgIpc) is 3.86. The van der Waals surface area contributed by atoms with Crippen LogP contribution in [0.2, 0.25) is 39.3 Å². The topological polar surface area (TPSA) is 33.5 Å². The minimum atomic E-state index is -1.77. The molecule has 0 spiro atoms. The van der Waals surface area contributed by atoms with Gasteiger partial charge in [0.15, 0.2) is 0 Å². The van der Waals surface area contributed by atoms with Gasteiger partial charge in [0.1, 0.15) is 5.82 Å². The molecule has 8 aromatic rings. The van der Waals surface area contributed by atoms with E-state index in [9.17, 15) is 0 Å². The molecule has 8 heteroatoms. The maximum Gasteiger partial charge on any atom is 0.135 e. The fourth-order valence-electron chi connectivity index (χ4n) is 12.9. The van der Waals surface area contributed by atoms with E-state index in [1.807, 2.05) is 6.20 Å². The molecule has 6 aromatic carbocycles. The number of fused-ring (bicyclic) bond motifs is 4. The molecule has 0 amide bonds. The summed E-state index contributed by atoms with van der Waals surface area (Å²) in [6.07, 6.45) is 5.53. The van der Waals surface area contributed by atoms with E-state index in [-0.39, 0.29) is 48.1 Å². The Bertz CT molecular complexity index is 3350. The molecule has 5 nitrogen and oxygen atoms in total. The maximum atomic E-state index is 7.07. The monoisotopic (exact) mass is 1190 g/mol. The first-order valence-corrected chi connectivity index (χ1v) is 33.7. The van der Waals surface area contributed by atoms with Gasteiger partial charge in [-0.15, -0.1) is 53.6 Å². The Hall–Kier alpha value is -5.21. The van der Waals surface area contributed by atoms with Gasteiger partial charge in [-0.3, -0.25) is 0 Å². The molecule has 10 rings (SSSR count). The van der Waals surface area contributed by atoms with Gasteiger partial charge < -0.3 is 19.1 Å². The van der Waals surface area contributed by atoms with Crippen LogP contribution in [0.5, 0.6) is 11.5 Å². The Labute approximate surface area is 460 Å². The number of benzene rings is 6. The second-order valence-electron chi connectivity index (χ2n) is 26.6. The van der Waals surface area contributed by atoms with E-state index in [1.165, 1.54) is 50.2 Å². The van der Waals surface area contributed by atoms with Crippen LogP contribution in [0.4, 0.5) is 22.7 Å². The van der Waals surface area contributed by atoms with Crippen LogP contribution < -0.4 is 24.9 Å². The molecular formula is C66H77N4OPtSi2-3. The summed E-state index contributed by atoms with van der Waals surface area (Å²) in [4.78, 5) is 10.0. The van der Waals surface area contributed by atoms with Crippen molar-refractivity contribution in [2.45, 2.75) is 144 Å². The van der Waals surface area contributed by atoms with Crippen molar-refractivity contribution < 1.29 is 25.8 Å². The van der Waals surface area contributed by atoms with Gasteiger partial charge in [-0.05, 0) is 97.3 Å². The number of hydrogen-bond donors (Lipinski definition) is 0. The molecule has 3 heterocycles. The molecule has 0 radical (unpaired) electrons. The second-order valence-corrected chi connectivity index (χ2v) is 36.6. The van der Waals surface area contributed by atoms with E-state index >= 15 is 0 Å². The van der Waals surface area contributed by atoms with Gasteiger partial charge in [0.2, 0.25) is 0 Å². The predicted molar refractivity (Wildman–Crippen MR) is 316 cm³/mol. The molecular weight excluding hydrogens is 1120 g/mol. The van der Waals surface area contributed by atoms with E-state index in [0.29, 0.717) is 11.5 Å². The number of ether oxygens (including phenoxy) is 1. The Balaban J connectivity index is 0.00000672. The average molecular weight is 1190 g/mol. The number of nitrogens with zero attached hydrogens (tertiary/aromatic N) is 4. The van der Waals surface area contributed by atoms with E-state index in [1.54, 1.807) is 0 Å². The summed E-state index contributed by atoms with van der Waals surface area (Å²) in [5, 5.41) is 5.26. The van der Waals surface area contributed by atoms with Crippen molar-refractivity contribution >= 4 is 71.1 Å². The second kappa shape index (κ2) is 18.8. The van der Waals surface area contributed by atoms with Crippen molar-refractivity contribution in [3.8, 4) is 17.3 Å². The molecule has 1 saturated carbocycles. The quantitative estimate of drug-likeness (QED) is 0.107. The normalized spacial score (nSPS) is 16.6. The summed E-state index contributed by atoms with van der Waals surface area (Å²) in [5.74, 6) is 2.16. The first-order valence-electron chi connectivity index (χ1n) is 26.7. The standard InChI is InChI=1S/C66H77N4OSi2.Pt/c1-62(2,3)46-30-33-54-53(40-46)52-32-31-50(43-57(52)70(54)60-41-47(34-37-67-60)66(45-24-18-17-19-25-45)64(7,8)35-23-36-65(66,9)10)71-51-39-48(63(4,5)6)38-49(42-51)68-44-69(56-27-21-20-26-55(56)68)61-58(72(11,12)13)28-22-29-59(61)73(14,15)16;/h17-22,24-34,37-41,44H,23,35-36H2,1-16H3;/q-3;. The zero-order valence-corrected chi connectivity index (χ0v) is 51.2. The summed E-state index contributed by atoms with van der Waals surface area (Å²) in [6.45, 7) is 40.7. The fourth-order valence-corrected chi connectivity index (χ4v) is 16.2. The van der Waals surface area contributed by atoms with E-state index in [4.69, 9.17) is 9.72 Å². The maximum absolute atomic E-state index is 7.07. The molecule has 0 saturated heterocycles. The molecule has 1 aliphatic heterocycles. The SMILES string of the molecule is CC(C)(C)c1cc(Oc2[c-]c3c(cc2)c2cc(C(C)(C)C)ccc2n3-c2cc(C3(c4ccccc4)C(C)(C)CCCC3(C)C)ccn2)[c-]c(N2[CH-]N(c3c([Si](C)(C)C)cccc3[Si](C)(C)C)c3ccccc32)c1.[Pt]. The fraction of sp³-hybridized carbons (Fsp3) is 0.364. The van der Waals surface area contributed by atoms with Crippen molar-refractivity contribution in [1.82, 2.24) is 9.55 Å². The summed E-state index contributed by atoms with van der Waals surface area (Å²) in [6, 6.07) is 55.2. The van der Waals surface area contributed by atoms with Crippen LogP contribution in [0, 0.1) is 29.6 Å². The number of aromatic nitrogens is 2. The first-order chi connectivity index (χ1) is 34.2. The van der Waals surface area contributed by atoms with Crippen molar-refractivity contribution in [2.24, 2.45) is 10.8 Å². The van der Waals surface area contributed by atoms with Crippen LogP contribution in [0.3, 0.4) is 0 Å². The zero-order chi connectivity index (χ0) is 52.3. The van der Waals surface area contributed by atoms with Gasteiger partial charge >= 0.3 is 0 Å². The van der Waals surface area contributed by atoms with Gasteiger partial charge in [-0.2, -0.15) is 6.07 Å². The third-order valence-electron chi connectivity index (χ3n) is 16.5. The van der Waals surface area contributed by atoms with Gasteiger partial charge in [0, 0.05) is 66.8 Å². The number of hydrogen-bond acceptors (Lipinski definition) is 4. The van der Waals surface area contributed by atoms with E-state index in [2.05, 4.69) is 269 Å². The summed E-state index contributed by atoms with van der Waals surface area (Å²) >= 11 is 0. The third-order valence-corrected chi connectivity index (χ3v) is 20.5. The number of anilines is 4. The van der Waals surface area contributed by atoms with Crippen LogP contribution in [0.1, 0.15) is 111 Å². The van der Waals surface area contributed by atoms with Crippen molar-refractivity contribution in [3.63, 3.8) is 0 Å². The molecule has 0 unspecified atom stereocenters. The number of rotatable bonds is 9. The predicted octanol–water partition coefficient (Wildman–Crippen LogP) is 17.2. The van der Waals surface area contributed by atoms with Gasteiger partial charge in [-0.25, -0.2) is 4.98 Å². The van der Waals surface area contributed by atoms with Crippen LogP contribution >= 0.6 is 0 Å². The molecule has 2 aromatic heterocycles. The first kappa shape index (κ1) is 53.6.